The van der Waals surface area contributed by atoms with Crippen molar-refractivity contribution in [1.29, 1.82) is 0 Å². The van der Waals surface area contributed by atoms with Crippen molar-refractivity contribution in [2.24, 2.45) is 4.99 Å². The van der Waals surface area contributed by atoms with Gasteiger partial charge in [0.1, 0.15) is 11.9 Å². The van der Waals surface area contributed by atoms with Crippen LogP contribution in [0.1, 0.15) is 35.6 Å². The molecule has 23 heavy (non-hydrogen) atoms. The Morgan fingerprint density at radius 1 is 1.09 bits per heavy atom. The molecule has 2 aromatic carbocycles. The van der Waals surface area contributed by atoms with Crippen molar-refractivity contribution >= 4 is 17.3 Å². The SMILES string of the molecule is Cc1cn2c(n1)C(C)N=C(c1ccccc1)c1cc(Cl)ccc1-2. The van der Waals surface area contributed by atoms with E-state index in [-0.39, 0.29) is 6.04 Å². The summed E-state index contributed by atoms with van der Waals surface area (Å²) in [6.45, 7) is 4.08. The highest BCUT2D eigenvalue weighted by atomic mass is 35.5. The van der Waals surface area contributed by atoms with Crippen LogP contribution in [0.4, 0.5) is 0 Å². The number of hydrogen-bond acceptors (Lipinski definition) is 2. The predicted molar refractivity (Wildman–Crippen MR) is 93.8 cm³/mol. The maximum atomic E-state index is 6.27. The summed E-state index contributed by atoms with van der Waals surface area (Å²) in [6, 6.07) is 16.1. The minimum absolute atomic E-state index is 0.0231. The van der Waals surface area contributed by atoms with Gasteiger partial charge in [-0.3, -0.25) is 4.99 Å². The van der Waals surface area contributed by atoms with Gasteiger partial charge < -0.3 is 4.57 Å². The van der Waals surface area contributed by atoms with E-state index in [0.717, 1.165) is 34.0 Å². The zero-order valence-electron chi connectivity index (χ0n) is 13.0. The summed E-state index contributed by atoms with van der Waals surface area (Å²) in [5.41, 5.74) is 5.14. The summed E-state index contributed by atoms with van der Waals surface area (Å²) in [5, 5.41) is 0.709. The lowest BCUT2D eigenvalue weighted by atomic mass is 10.0. The fraction of sp³-hybridized carbons (Fsp3) is 0.158. The minimum Gasteiger partial charge on any atom is -0.301 e. The Balaban J connectivity index is 2.04. The molecule has 1 aromatic heterocycles. The van der Waals surface area contributed by atoms with Crippen molar-refractivity contribution in [3.05, 3.63) is 82.4 Å². The molecule has 2 heterocycles. The van der Waals surface area contributed by atoms with Crippen LogP contribution in [0.3, 0.4) is 0 Å². The van der Waals surface area contributed by atoms with Gasteiger partial charge in [-0.2, -0.15) is 0 Å². The third-order valence-electron chi connectivity index (χ3n) is 4.07. The van der Waals surface area contributed by atoms with E-state index in [9.17, 15) is 0 Å². The second-order valence-electron chi connectivity index (χ2n) is 5.79. The Morgan fingerprint density at radius 2 is 1.87 bits per heavy atom. The van der Waals surface area contributed by atoms with Gasteiger partial charge in [0, 0.05) is 22.3 Å². The summed E-state index contributed by atoms with van der Waals surface area (Å²) in [7, 11) is 0. The summed E-state index contributed by atoms with van der Waals surface area (Å²) in [4.78, 5) is 9.62. The van der Waals surface area contributed by atoms with Crippen molar-refractivity contribution in [3.63, 3.8) is 0 Å². The Morgan fingerprint density at radius 3 is 2.65 bits per heavy atom. The molecular weight excluding hydrogens is 306 g/mol. The lowest BCUT2D eigenvalue weighted by Gasteiger charge is -2.12. The number of rotatable bonds is 1. The quantitative estimate of drug-likeness (QED) is 0.636. The van der Waals surface area contributed by atoms with Crippen LogP contribution in [0.15, 0.2) is 59.7 Å². The molecule has 0 amide bonds. The molecule has 0 N–H and O–H groups in total. The molecule has 1 unspecified atom stereocenters. The number of fused-ring (bicyclic) bond motifs is 3. The first-order valence-electron chi connectivity index (χ1n) is 7.63. The standard InChI is InChI=1S/C19H16ClN3/c1-12-11-23-17-9-8-15(20)10-16(17)18(14-6-4-3-5-7-14)22-13(2)19(23)21-12/h3-11,13H,1-2H3. The van der Waals surface area contributed by atoms with Crippen LogP contribution in [-0.2, 0) is 0 Å². The molecule has 0 radical (unpaired) electrons. The topological polar surface area (TPSA) is 30.2 Å². The number of hydrogen-bond donors (Lipinski definition) is 0. The lowest BCUT2D eigenvalue weighted by Crippen LogP contribution is -2.06. The number of halogens is 1. The van der Waals surface area contributed by atoms with E-state index in [0.29, 0.717) is 5.02 Å². The van der Waals surface area contributed by atoms with E-state index in [1.807, 2.05) is 43.3 Å². The molecule has 114 valence electrons. The smallest absolute Gasteiger partial charge is 0.138 e. The van der Waals surface area contributed by atoms with E-state index in [1.165, 1.54) is 0 Å². The Kier molecular flexibility index (Phi) is 3.31. The van der Waals surface area contributed by atoms with E-state index in [4.69, 9.17) is 16.6 Å². The maximum Gasteiger partial charge on any atom is 0.138 e. The minimum atomic E-state index is -0.0231. The molecule has 3 nitrogen and oxygen atoms in total. The molecule has 0 bridgehead atoms. The van der Waals surface area contributed by atoms with Gasteiger partial charge in [-0.15, -0.1) is 0 Å². The normalized spacial score (nSPS) is 16.3. The molecule has 1 aliphatic heterocycles. The van der Waals surface area contributed by atoms with Gasteiger partial charge >= 0.3 is 0 Å². The van der Waals surface area contributed by atoms with E-state index < -0.39 is 0 Å². The summed E-state index contributed by atoms with van der Waals surface area (Å²) >= 11 is 6.27. The van der Waals surface area contributed by atoms with Gasteiger partial charge in [-0.25, -0.2) is 4.98 Å². The molecule has 4 heteroatoms. The monoisotopic (exact) mass is 321 g/mol. The zero-order chi connectivity index (χ0) is 16.0. The van der Waals surface area contributed by atoms with Crippen LogP contribution in [0.5, 0.6) is 0 Å². The highest BCUT2D eigenvalue weighted by Gasteiger charge is 2.24. The third-order valence-corrected chi connectivity index (χ3v) is 4.31. The van der Waals surface area contributed by atoms with Crippen LogP contribution in [0.25, 0.3) is 5.69 Å². The van der Waals surface area contributed by atoms with Crippen molar-refractivity contribution in [2.45, 2.75) is 19.9 Å². The van der Waals surface area contributed by atoms with Gasteiger partial charge in [0.2, 0.25) is 0 Å². The van der Waals surface area contributed by atoms with Crippen LogP contribution >= 0.6 is 11.6 Å². The average molecular weight is 322 g/mol. The van der Waals surface area contributed by atoms with Crippen molar-refractivity contribution in [3.8, 4) is 5.69 Å². The van der Waals surface area contributed by atoms with Crippen molar-refractivity contribution < 1.29 is 0 Å². The highest BCUT2D eigenvalue weighted by molar-refractivity contribution is 6.31. The van der Waals surface area contributed by atoms with Crippen molar-refractivity contribution in [1.82, 2.24) is 9.55 Å². The number of benzene rings is 2. The van der Waals surface area contributed by atoms with Gasteiger partial charge in [-0.05, 0) is 32.0 Å². The number of aromatic nitrogens is 2. The number of nitrogens with zero attached hydrogens (tertiary/aromatic N) is 3. The fourth-order valence-corrected chi connectivity index (χ4v) is 3.23. The molecule has 0 aliphatic carbocycles. The van der Waals surface area contributed by atoms with Crippen LogP contribution in [0.2, 0.25) is 5.02 Å². The Labute approximate surface area is 140 Å². The second kappa shape index (κ2) is 5.36. The van der Waals surface area contributed by atoms with E-state index >= 15 is 0 Å². The molecule has 4 rings (SSSR count). The zero-order valence-corrected chi connectivity index (χ0v) is 13.7. The van der Waals surface area contributed by atoms with Crippen LogP contribution in [-0.4, -0.2) is 15.3 Å². The highest BCUT2D eigenvalue weighted by Crippen LogP contribution is 2.31. The van der Waals surface area contributed by atoms with E-state index in [1.54, 1.807) is 0 Å². The summed E-state index contributed by atoms with van der Waals surface area (Å²) < 4.78 is 2.13. The Bertz CT molecular complexity index is 910. The molecule has 0 saturated carbocycles. The number of aliphatic imine (C=N–C) groups is 1. The second-order valence-corrected chi connectivity index (χ2v) is 6.23. The van der Waals surface area contributed by atoms with E-state index in [2.05, 4.69) is 34.8 Å². The summed E-state index contributed by atoms with van der Waals surface area (Å²) in [5.74, 6) is 0.956. The van der Waals surface area contributed by atoms with Crippen LogP contribution < -0.4 is 0 Å². The average Bonchev–Trinajstić information content (AvgIpc) is 2.90. The molecule has 1 aliphatic rings. The third kappa shape index (κ3) is 2.37. The molecule has 0 fully saturated rings. The van der Waals surface area contributed by atoms with Gasteiger partial charge in [0.15, 0.2) is 0 Å². The molecule has 0 spiro atoms. The maximum absolute atomic E-state index is 6.27. The van der Waals surface area contributed by atoms with Gasteiger partial charge in [0.25, 0.3) is 0 Å². The first-order valence-corrected chi connectivity index (χ1v) is 8.00. The first-order chi connectivity index (χ1) is 11.1. The fourth-order valence-electron chi connectivity index (χ4n) is 3.06. The van der Waals surface area contributed by atoms with Crippen LogP contribution in [0, 0.1) is 6.92 Å². The molecule has 3 aromatic rings. The lowest BCUT2D eigenvalue weighted by molar-refractivity contribution is 0.729. The molecular formula is C19H16ClN3. The number of aryl methyl sites for hydroxylation is 1. The first kappa shape index (κ1) is 14.2. The predicted octanol–water partition coefficient (Wildman–Crippen LogP) is 4.75. The van der Waals surface area contributed by atoms with Gasteiger partial charge in [-0.1, -0.05) is 41.9 Å². The summed E-state index contributed by atoms with van der Waals surface area (Å²) in [6.07, 6.45) is 2.06. The Hall–Kier alpha value is -2.39. The molecule has 0 saturated heterocycles. The number of imidazole rings is 1. The van der Waals surface area contributed by atoms with Crippen molar-refractivity contribution in [2.75, 3.05) is 0 Å². The van der Waals surface area contributed by atoms with Gasteiger partial charge in [0.05, 0.1) is 17.1 Å². The molecule has 1 atom stereocenters. The largest absolute Gasteiger partial charge is 0.301 e.